The number of aryl methyl sites for hydroxylation is 1. The SMILES string of the molecule is Cc1cc(-n2cnc3c(NCC(C)C)cc(Br)cc32)ccc1C(N)=O. The number of nitrogens with one attached hydrogen (secondary N) is 1. The van der Waals surface area contributed by atoms with Gasteiger partial charge in [0.25, 0.3) is 0 Å². The van der Waals surface area contributed by atoms with Crippen molar-refractivity contribution in [1.29, 1.82) is 0 Å². The zero-order chi connectivity index (χ0) is 18.1. The van der Waals surface area contributed by atoms with Crippen LogP contribution in [0.5, 0.6) is 0 Å². The maximum Gasteiger partial charge on any atom is 0.248 e. The van der Waals surface area contributed by atoms with Crippen LogP contribution in [0.1, 0.15) is 29.8 Å². The number of imidazole rings is 1. The molecule has 0 radical (unpaired) electrons. The molecule has 1 aromatic heterocycles. The molecule has 1 heterocycles. The third-order valence-corrected chi connectivity index (χ3v) is 4.53. The summed E-state index contributed by atoms with van der Waals surface area (Å²) in [6.07, 6.45) is 1.80. The number of halogens is 1. The summed E-state index contributed by atoms with van der Waals surface area (Å²) in [4.78, 5) is 16.0. The van der Waals surface area contributed by atoms with Crippen LogP contribution in [0, 0.1) is 12.8 Å². The summed E-state index contributed by atoms with van der Waals surface area (Å²) in [7, 11) is 0. The Morgan fingerprint density at radius 2 is 2.08 bits per heavy atom. The fourth-order valence-electron chi connectivity index (χ4n) is 2.81. The van der Waals surface area contributed by atoms with Gasteiger partial charge in [0.2, 0.25) is 5.91 Å². The Bertz CT molecular complexity index is 946. The lowest BCUT2D eigenvalue weighted by Gasteiger charge is -2.12. The molecule has 1 amide bonds. The van der Waals surface area contributed by atoms with Crippen LogP contribution in [-0.4, -0.2) is 22.0 Å². The summed E-state index contributed by atoms with van der Waals surface area (Å²) in [5.74, 6) is 0.127. The Balaban J connectivity index is 2.09. The number of hydrogen-bond acceptors (Lipinski definition) is 3. The first-order valence-electron chi connectivity index (χ1n) is 8.18. The molecular weight excluding hydrogens is 380 g/mol. The highest BCUT2D eigenvalue weighted by molar-refractivity contribution is 9.10. The van der Waals surface area contributed by atoms with Crippen molar-refractivity contribution in [2.45, 2.75) is 20.8 Å². The van der Waals surface area contributed by atoms with Crippen molar-refractivity contribution >= 4 is 38.6 Å². The molecule has 0 bridgehead atoms. The highest BCUT2D eigenvalue weighted by Crippen LogP contribution is 2.29. The number of nitrogens with zero attached hydrogens (tertiary/aromatic N) is 2. The second kappa shape index (κ2) is 6.88. The first kappa shape index (κ1) is 17.5. The number of hydrogen-bond donors (Lipinski definition) is 2. The minimum Gasteiger partial charge on any atom is -0.383 e. The fraction of sp³-hybridized carbons (Fsp3) is 0.263. The Hall–Kier alpha value is -2.34. The number of nitrogens with two attached hydrogens (primary N) is 1. The van der Waals surface area contributed by atoms with Crippen LogP contribution in [-0.2, 0) is 0 Å². The third-order valence-electron chi connectivity index (χ3n) is 4.07. The first-order valence-corrected chi connectivity index (χ1v) is 8.97. The van der Waals surface area contributed by atoms with E-state index in [9.17, 15) is 4.79 Å². The van der Waals surface area contributed by atoms with Crippen LogP contribution in [0.15, 0.2) is 41.1 Å². The number of primary amides is 1. The topological polar surface area (TPSA) is 72.9 Å². The number of amides is 1. The predicted octanol–water partition coefficient (Wildman–Crippen LogP) is 4.26. The lowest BCUT2D eigenvalue weighted by atomic mass is 10.1. The molecule has 0 spiro atoms. The zero-order valence-electron chi connectivity index (χ0n) is 14.5. The predicted molar refractivity (Wildman–Crippen MR) is 105 cm³/mol. The smallest absolute Gasteiger partial charge is 0.248 e. The van der Waals surface area contributed by atoms with Crippen molar-refractivity contribution in [3.8, 4) is 5.69 Å². The average Bonchev–Trinajstić information content (AvgIpc) is 2.95. The van der Waals surface area contributed by atoms with Crippen LogP contribution < -0.4 is 11.1 Å². The van der Waals surface area contributed by atoms with Crippen LogP contribution in [0.3, 0.4) is 0 Å². The molecule has 0 aliphatic heterocycles. The maximum absolute atomic E-state index is 11.4. The molecule has 0 unspecified atom stereocenters. The van der Waals surface area contributed by atoms with Gasteiger partial charge < -0.3 is 11.1 Å². The van der Waals surface area contributed by atoms with Crippen molar-refractivity contribution < 1.29 is 4.79 Å². The van der Waals surface area contributed by atoms with E-state index in [0.29, 0.717) is 11.5 Å². The highest BCUT2D eigenvalue weighted by Gasteiger charge is 2.12. The Labute approximate surface area is 155 Å². The molecule has 0 atom stereocenters. The molecule has 25 heavy (non-hydrogen) atoms. The van der Waals surface area contributed by atoms with Crippen LogP contribution in [0.2, 0.25) is 0 Å². The van der Waals surface area contributed by atoms with E-state index in [1.807, 2.05) is 35.8 Å². The Morgan fingerprint density at radius 1 is 1.32 bits per heavy atom. The Morgan fingerprint density at radius 3 is 2.72 bits per heavy atom. The van der Waals surface area contributed by atoms with Gasteiger partial charge in [0.15, 0.2) is 0 Å². The van der Waals surface area contributed by atoms with Gasteiger partial charge >= 0.3 is 0 Å². The van der Waals surface area contributed by atoms with E-state index < -0.39 is 5.91 Å². The summed E-state index contributed by atoms with van der Waals surface area (Å²) in [6.45, 7) is 7.10. The molecular formula is C19H21BrN4O. The molecule has 0 aliphatic carbocycles. The Kier molecular flexibility index (Phi) is 4.81. The number of carbonyl (C=O) groups is 1. The van der Waals surface area contributed by atoms with Crippen molar-refractivity contribution in [3.63, 3.8) is 0 Å². The van der Waals surface area contributed by atoms with Crippen molar-refractivity contribution in [2.75, 3.05) is 11.9 Å². The van der Waals surface area contributed by atoms with Gasteiger partial charge in [-0.15, -0.1) is 0 Å². The number of carbonyl (C=O) groups excluding carboxylic acids is 1. The van der Waals surface area contributed by atoms with Gasteiger partial charge in [0.05, 0.1) is 11.2 Å². The molecule has 5 nitrogen and oxygen atoms in total. The largest absolute Gasteiger partial charge is 0.383 e. The van der Waals surface area contributed by atoms with Gasteiger partial charge in [0, 0.05) is 22.3 Å². The zero-order valence-corrected chi connectivity index (χ0v) is 16.1. The summed E-state index contributed by atoms with van der Waals surface area (Å²) < 4.78 is 3.00. The number of rotatable bonds is 5. The van der Waals surface area contributed by atoms with Gasteiger partial charge in [-0.3, -0.25) is 9.36 Å². The van der Waals surface area contributed by atoms with Gasteiger partial charge in [0.1, 0.15) is 11.8 Å². The second-order valence-corrected chi connectivity index (χ2v) is 7.49. The second-order valence-electron chi connectivity index (χ2n) is 6.57. The van der Waals surface area contributed by atoms with E-state index in [1.165, 1.54) is 0 Å². The fourth-order valence-corrected chi connectivity index (χ4v) is 3.26. The number of fused-ring (bicyclic) bond motifs is 1. The molecule has 0 fully saturated rings. The molecule has 3 N–H and O–H groups in total. The van der Waals surface area contributed by atoms with E-state index in [-0.39, 0.29) is 0 Å². The quantitative estimate of drug-likeness (QED) is 0.671. The van der Waals surface area contributed by atoms with Gasteiger partial charge in [-0.1, -0.05) is 29.8 Å². The summed E-state index contributed by atoms with van der Waals surface area (Å²) in [5, 5.41) is 3.46. The summed E-state index contributed by atoms with van der Waals surface area (Å²) in [6, 6.07) is 9.68. The minimum absolute atomic E-state index is 0.414. The van der Waals surface area contributed by atoms with E-state index >= 15 is 0 Å². The highest BCUT2D eigenvalue weighted by atomic mass is 79.9. The monoisotopic (exact) mass is 400 g/mol. The normalized spacial score (nSPS) is 11.2. The van der Waals surface area contributed by atoms with Crippen LogP contribution in [0.25, 0.3) is 16.7 Å². The lowest BCUT2D eigenvalue weighted by molar-refractivity contribution is 0.0999. The molecule has 0 saturated carbocycles. The average molecular weight is 401 g/mol. The van der Waals surface area contributed by atoms with E-state index in [4.69, 9.17) is 5.73 Å². The molecule has 3 aromatic rings. The van der Waals surface area contributed by atoms with E-state index in [1.54, 1.807) is 12.4 Å². The van der Waals surface area contributed by atoms with Crippen molar-refractivity contribution in [3.05, 3.63) is 52.3 Å². The van der Waals surface area contributed by atoms with Crippen LogP contribution >= 0.6 is 15.9 Å². The molecule has 0 saturated heterocycles. The number of aromatic nitrogens is 2. The molecule has 130 valence electrons. The van der Waals surface area contributed by atoms with Gasteiger partial charge in [-0.05, 0) is 48.7 Å². The summed E-state index contributed by atoms with van der Waals surface area (Å²) in [5.41, 5.74) is 10.6. The van der Waals surface area contributed by atoms with E-state index in [2.05, 4.69) is 40.1 Å². The van der Waals surface area contributed by atoms with Crippen molar-refractivity contribution in [2.24, 2.45) is 11.7 Å². The van der Waals surface area contributed by atoms with E-state index in [0.717, 1.165) is 39.0 Å². The first-order chi connectivity index (χ1) is 11.9. The third kappa shape index (κ3) is 3.54. The maximum atomic E-state index is 11.4. The summed E-state index contributed by atoms with van der Waals surface area (Å²) >= 11 is 3.58. The van der Waals surface area contributed by atoms with Gasteiger partial charge in [-0.25, -0.2) is 4.98 Å². The number of anilines is 1. The number of benzene rings is 2. The molecule has 6 heteroatoms. The standard InChI is InChI=1S/C19H21BrN4O/c1-11(2)9-22-16-7-13(20)8-17-18(16)23-10-24(17)14-4-5-15(19(21)25)12(3)6-14/h4-8,10-11,22H,9H2,1-3H3,(H2,21,25). The van der Waals surface area contributed by atoms with Crippen molar-refractivity contribution in [1.82, 2.24) is 9.55 Å². The molecule has 0 aliphatic rings. The lowest BCUT2D eigenvalue weighted by Crippen LogP contribution is -2.12. The van der Waals surface area contributed by atoms with Crippen LogP contribution in [0.4, 0.5) is 5.69 Å². The molecule has 3 rings (SSSR count). The molecule has 2 aromatic carbocycles. The minimum atomic E-state index is -0.414. The van der Waals surface area contributed by atoms with Gasteiger partial charge in [-0.2, -0.15) is 0 Å².